The molecule has 0 fully saturated rings. The molecule has 1 N–H and O–H groups in total. The Kier molecular flexibility index (Phi) is 4.86. The molecular weight excluding hydrogens is 341 g/mol. The van der Waals surface area contributed by atoms with Gasteiger partial charge in [0.05, 0.1) is 23.6 Å². The molecule has 0 spiro atoms. The number of nitrogens with one attached hydrogen (secondary N) is 1. The van der Waals surface area contributed by atoms with E-state index in [2.05, 4.69) is 10.4 Å². The Hall–Kier alpha value is -2.66. The quantitative estimate of drug-likeness (QED) is 0.742. The number of carbonyl (C=O) groups excluding carboxylic acids is 1. The molecule has 0 atom stereocenters. The largest absolute Gasteiger partial charge is 0.319 e. The second-order valence-electron chi connectivity index (χ2n) is 5.76. The lowest BCUT2D eigenvalue weighted by Crippen LogP contribution is -2.13. The first-order valence-corrected chi connectivity index (χ1v) is 8.18. The van der Waals surface area contributed by atoms with Crippen LogP contribution in [0.3, 0.4) is 0 Å². The lowest BCUT2D eigenvalue weighted by atomic mass is 10.2. The topological polar surface area (TPSA) is 46.9 Å². The van der Waals surface area contributed by atoms with Crippen LogP contribution in [0, 0.1) is 19.7 Å². The summed E-state index contributed by atoms with van der Waals surface area (Å²) in [6.07, 6.45) is 0. The third-order valence-electron chi connectivity index (χ3n) is 4.00. The van der Waals surface area contributed by atoms with Gasteiger partial charge in [-0.15, -0.1) is 0 Å². The van der Waals surface area contributed by atoms with Crippen molar-refractivity contribution in [2.45, 2.75) is 20.4 Å². The number of nitrogens with zero attached hydrogens (tertiary/aromatic N) is 2. The minimum Gasteiger partial charge on any atom is -0.319 e. The number of carbonyl (C=O) groups is 1. The van der Waals surface area contributed by atoms with Crippen LogP contribution in [0.1, 0.15) is 27.3 Å². The molecule has 0 bridgehead atoms. The van der Waals surface area contributed by atoms with Gasteiger partial charge in [0.15, 0.2) is 0 Å². The predicted molar refractivity (Wildman–Crippen MR) is 96.6 cm³/mol. The maximum Gasteiger partial charge on any atom is 0.255 e. The first-order chi connectivity index (χ1) is 12.0. The van der Waals surface area contributed by atoms with Crippen LogP contribution in [0.4, 0.5) is 10.1 Å². The summed E-state index contributed by atoms with van der Waals surface area (Å²) in [6.45, 7) is 4.23. The zero-order valence-electron chi connectivity index (χ0n) is 13.9. The Morgan fingerprint density at radius 2 is 1.84 bits per heavy atom. The lowest BCUT2D eigenvalue weighted by Gasteiger charge is -2.08. The fourth-order valence-corrected chi connectivity index (χ4v) is 2.80. The minimum absolute atomic E-state index is 0.302. The number of aryl methyl sites for hydroxylation is 1. The van der Waals surface area contributed by atoms with Gasteiger partial charge in [-0.3, -0.25) is 9.48 Å². The van der Waals surface area contributed by atoms with Crippen molar-refractivity contribution in [3.05, 3.63) is 81.9 Å². The molecular formula is C19H17ClFN3O. The summed E-state index contributed by atoms with van der Waals surface area (Å²) >= 11 is 6.21. The monoisotopic (exact) mass is 357 g/mol. The Bertz CT molecular complexity index is 919. The van der Waals surface area contributed by atoms with E-state index in [1.807, 2.05) is 38.1 Å². The SMILES string of the molecule is Cc1nn(Cc2ccccc2Cl)c(C)c1NC(=O)c1ccc(F)cc1. The fourth-order valence-electron chi connectivity index (χ4n) is 2.61. The van der Waals surface area contributed by atoms with Gasteiger partial charge in [0.1, 0.15) is 5.82 Å². The van der Waals surface area contributed by atoms with Crippen molar-refractivity contribution in [1.29, 1.82) is 0 Å². The van der Waals surface area contributed by atoms with Crippen molar-refractivity contribution in [2.24, 2.45) is 0 Å². The van der Waals surface area contributed by atoms with Crippen LogP contribution < -0.4 is 5.32 Å². The molecule has 3 aromatic rings. The highest BCUT2D eigenvalue weighted by atomic mass is 35.5. The van der Waals surface area contributed by atoms with E-state index < -0.39 is 0 Å². The van der Waals surface area contributed by atoms with Crippen molar-refractivity contribution < 1.29 is 9.18 Å². The average molecular weight is 358 g/mol. The molecule has 0 saturated heterocycles. The molecule has 3 rings (SSSR count). The van der Waals surface area contributed by atoms with Crippen molar-refractivity contribution in [3.8, 4) is 0 Å². The van der Waals surface area contributed by atoms with Crippen LogP contribution >= 0.6 is 11.6 Å². The molecule has 1 aromatic heterocycles. The summed E-state index contributed by atoms with van der Waals surface area (Å²) in [4.78, 5) is 12.4. The van der Waals surface area contributed by atoms with Gasteiger partial charge in [0.25, 0.3) is 5.91 Å². The molecule has 128 valence electrons. The highest BCUT2D eigenvalue weighted by Crippen LogP contribution is 2.23. The third-order valence-corrected chi connectivity index (χ3v) is 4.37. The molecule has 0 aliphatic carbocycles. The van der Waals surface area contributed by atoms with Gasteiger partial charge in [-0.25, -0.2) is 4.39 Å². The normalized spacial score (nSPS) is 10.7. The van der Waals surface area contributed by atoms with Gasteiger partial charge in [-0.2, -0.15) is 5.10 Å². The summed E-state index contributed by atoms with van der Waals surface area (Å²) in [5.41, 5.74) is 3.53. The number of anilines is 1. The first kappa shape index (κ1) is 17.2. The fraction of sp³-hybridized carbons (Fsp3) is 0.158. The molecule has 6 heteroatoms. The summed E-state index contributed by atoms with van der Waals surface area (Å²) in [6, 6.07) is 13.0. The molecule has 2 aromatic carbocycles. The second kappa shape index (κ2) is 7.07. The highest BCUT2D eigenvalue weighted by molar-refractivity contribution is 6.31. The summed E-state index contributed by atoms with van der Waals surface area (Å²) in [7, 11) is 0. The van der Waals surface area contributed by atoms with Gasteiger partial charge < -0.3 is 5.32 Å². The Morgan fingerprint density at radius 3 is 2.52 bits per heavy atom. The maximum atomic E-state index is 13.0. The standard InChI is InChI=1S/C19H17ClFN3O/c1-12-18(22-19(25)14-7-9-16(21)10-8-14)13(2)24(23-12)11-15-5-3-4-6-17(15)20/h3-10H,11H2,1-2H3,(H,22,25). The summed E-state index contributed by atoms with van der Waals surface area (Å²) in [5, 5.41) is 8.02. The zero-order chi connectivity index (χ0) is 18.0. The van der Waals surface area contributed by atoms with Gasteiger partial charge in [0.2, 0.25) is 0 Å². The first-order valence-electron chi connectivity index (χ1n) is 7.80. The predicted octanol–water partition coefficient (Wildman–Crippen LogP) is 4.59. The zero-order valence-corrected chi connectivity index (χ0v) is 14.6. The van der Waals surface area contributed by atoms with E-state index >= 15 is 0 Å². The molecule has 0 unspecified atom stereocenters. The second-order valence-corrected chi connectivity index (χ2v) is 6.16. The van der Waals surface area contributed by atoms with Crippen molar-refractivity contribution in [1.82, 2.24) is 9.78 Å². The number of rotatable bonds is 4. The number of hydrogen-bond acceptors (Lipinski definition) is 2. The van der Waals surface area contributed by atoms with Gasteiger partial charge in [-0.05, 0) is 49.7 Å². The average Bonchev–Trinajstić information content (AvgIpc) is 2.85. The molecule has 0 aliphatic heterocycles. The van der Waals surface area contributed by atoms with Gasteiger partial charge in [-0.1, -0.05) is 29.8 Å². The van der Waals surface area contributed by atoms with E-state index in [1.165, 1.54) is 24.3 Å². The van der Waals surface area contributed by atoms with E-state index in [9.17, 15) is 9.18 Å². The molecule has 1 heterocycles. The molecule has 1 amide bonds. The molecule has 0 saturated carbocycles. The van der Waals surface area contributed by atoms with Gasteiger partial charge >= 0.3 is 0 Å². The van der Waals surface area contributed by atoms with Crippen molar-refractivity contribution in [3.63, 3.8) is 0 Å². The van der Waals surface area contributed by atoms with Gasteiger partial charge in [0, 0.05) is 10.6 Å². The smallest absolute Gasteiger partial charge is 0.255 e. The van der Waals surface area contributed by atoms with Crippen LogP contribution in [0.15, 0.2) is 48.5 Å². The number of amides is 1. The highest BCUT2D eigenvalue weighted by Gasteiger charge is 2.16. The van der Waals surface area contributed by atoms with E-state index in [1.54, 1.807) is 4.68 Å². The Morgan fingerprint density at radius 1 is 1.16 bits per heavy atom. The van der Waals surface area contributed by atoms with Crippen LogP contribution in [-0.2, 0) is 6.54 Å². The number of hydrogen-bond donors (Lipinski definition) is 1. The van der Waals surface area contributed by atoms with Crippen molar-refractivity contribution in [2.75, 3.05) is 5.32 Å². The van der Waals surface area contributed by atoms with Crippen molar-refractivity contribution >= 4 is 23.2 Å². The third kappa shape index (κ3) is 3.72. The number of halogens is 2. The Balaban J connectivity index is 1.83. The molecule has 0 radical (unpaired) electrons. The van der Waals surface area contributed by atoms with Crippen LogP contribution in [0.25, 0.3) is 0 Å². The Labute approximate surface area is 150 Å². The lowest BCUT2D eigenvalue weighted by molar-refractivity contribution is 0.102. The number of benzene rings is 2. The minimum atomic E-state index is -0.378. The van der Waals surface area contributed by atoms with Crippen LogP contribution in [0.2, 0.25) is 5.02 Å². The number of aromatic nitrogens is 2. The van der Waals surface area contributed by atoms with Crippen LogP contribution in [0.5, 0.6) is 0 Å². The summed E-state index contributed by atoms with van der Waals surface area (Å²) in [5.74, 6) is -0.681. The molecule has 0 aliphatic rings. The van der Waals surface area contributed by atoms with E-state index in [0.717, 1.165) is 11.3 Å². The summed E-state index contributed by atoms with van der Waals surface area (Å²) < 4.78 is 14.8. The molecule has 4 nitrogen and oxygen atoms in total. The maximum absolute atomic E-state index is 13.0. The van der Waals surface area contributed by atoms with E-state index in [4.69, 9.17) is 11.6 Å². The van der Waals surface area contributed by atoms with Crippen LogP contribution in [-0.4, -0.2) is 15.7 Å². The van der Waals surface area contributed by atoms with E-state index in [-0.39, 0.29) is 11.7 Å². The molecule has 25 heavy (non-hydrogen) atoms. The van der Waals surface area contributed by atoms with E-state index in [0.29, 0.717) is 28.5 Å².